The van der Waals surface area contributed by atoms with Crippen molar-refractivity contribution in [1.82, 2.24) is 0 Å². The molecule has 0 saturated heterocycles. The Morgan fingerprint density at radius 1 is 1.21 bits per heavy atom. The van der Waals surface area contributed by atoms with E-state index >= 15 is 0 Å². The van der Waals surface area contributed by atoms with Crippen LogP contribution in [0, 0.1) is 5.92 Å². The number of ether oxygens (including phenoxy) is 2. The van der Waals surface area contributed by atoms with Gasteiger partial charge in [0.25, 0.3) is 0 Å². The summed E-state index contributed by atoms with van der Waals surface area (Å²) in [6, 6.07) is 6.82. The van der Waals surface area contributed by atoms with Crippen LogP contribution in [-0.4, -0.2) is 20.3 Å². The minimum absolute atomic E-state index is 0.295. The van der Waals surface area contributed by atoms with Crippen molar-refractivity contribution < 1.29 is 9.47 Å². The summed E-state index contributed by atoms with van der Waals surface area (Å²) in [6.07, 6.45) is 10.5. The number of benzene rings is 1. The smallest absolute Gasteiger partial charge is 0.119 e. The Morgan fingerprint density at radius 3 is 2.83 bits per heavy atom. The summed E-state index contributed by atoms with van der Waals surface area (Å²) in [5.41, 5.74) is 6.97. The van der Waals surface area contributed by atoms with E-state index in [-0.39, 0.29) is 0 Å². The molecule has 0 N–H and O–H groups in total. The van der Waals surface area contributed by atoms with E-state index < -0.39 is 0 Å². The van der Waals surface area contributed by atoms with Gasteiger partial charge in [-0.15, -0.1) is 0 Å². The SMILES string of the molecule is CCCC12CCC3CC(OC)CC3=C1CCc1cc(OC)ccc12. The predicted molar refractivity (Wildman–Crippen MR) is 97.7 cm³/mol. The Bertz CT molecular complexity index is 660. The summed E-state index contributed by atoms with van der Waals surface area (Å²) < 4.78 is 11.2. The van der Waals surface area contributed by atoms with Gasteiger partial charge in [0.15, 0.2) is 0 Å². The summed E-state index contributed by atoms with van der Waals surface area (Å²) in [5.74, 6) is 1.79. The summed E-state index contributed by atoms with van der Waals surface area (Å²) in [6.45, 7) is 2.34. The molecule has 2 nitrogen and oxygen atoms in total. The van der Waals surface area contributed by atoms with Crippen molar-refractivity contribution in [2.24, 2.45) is 5.92 Å². The number of fused-ring (bicyclic) bond motifs is 4. The van der Waals surface area contributed by atoms with Crippen LogP contribution in [0.15, 0.2) is 29.3 Å². The molecule has 1 saturated carbocycles. The van der Waals surface area contributed by atoms with Gasteiger partial charge >= 0.3 is 0 Å². The Kier molecular flexibility index (Phi) is 4.20. The second-order valence-corrected chi connectivity index (χ2v) is 7.89. The Labute approximate surface area is 146 Å². The Hall–Kier alpha value is -1.28. The quantitative estimate of drug-likeness (QED) is 0.709. The van der Waals surface area contributed by atoms with E-state index in [1.165, 1.54) is 56.9 Å². The molecule has 0 amide bonds. The average molecular weight is 326 g/mol. The largest absolute Gasteiger partial charge is 0.497 e. The number of methoxy groups -OCH3 is 2. The first-order valence-corrected chi connectivity index (χ1v) is 9.64. The lowest BCUT2D eigenvalue weighted by Crippen LogP contribution is -2.38. The standard InChI is InChI=1S/C22H30O2/c1-4-10-22-11-9-15-12-18(24-3)14-19(15)21(22)7-5-16-13-17(23-2)6-8-20(16)22/h6,8,13,15,18H,4-5,7,9-12,14H2,1-3H3. The molecule has 0 radical (unpaired) electrons. The average Bonchev–Trinajstić information content (AvgIpc) is 3.04. The first kappa shape index (κ1) is 16.2. The molecular formula is C22H30O2. The lowest BCUT2D eigenvalue weighted by Gasteiger charge is -2.47. The van der Waals surface area contributed by atoms with E-state index in [2.05, 4.69) is 25.1 Å². The maximum absolute atomic E-state index is 5.72. The van der Waals surface area contributed by atoms with Gasteiger partial charge in [-0.1, -0.05) is 30.6 Å². The van der Waals surface area contributed by atoms with E-state index in [0.29, 0.717) is 11.5 Å². The van der Waals surface area contributed by atoms with Crippen molar-refractivity contribution in [2.75, 3.05) is 14.2 Å². The van der Waals surface area contributed by atoms with Crippen LogP contribution in [0.1, 0.15) is 63.0 Å². The lowest BCUT2D eigenvalue weighted by atomic mass is 9.57. The first-order valence-electron chi connectivity index (χ1n) is 9.64. The van der Waals surface area contributed by atoms with Crippen molar-refractivity contribution in [3.63, 3.8) is 0 Å². The minimum atomic E-state index is 0.295. The van der Waals surface area contributed by atoms with Gasteiger partial charge in [0.05, 0.1) is 13.2 Å². The number of aryl methyl sites for hydroxylation is 1. The van der Waals surface area contributed by atoms with Gasteiger partial charge in [-0.25, -0.2) is 0 Å². The molecule has 0 aromatic heterocycles. The van der Waals surface area contributed by atoms with Gasteiger partial charge < -0.3 is 9.47 Å². The fourth-order valence-electron chi connectivity index (χ4n) is 5.84. The van der Waals surface area contributed by atoms with Crippen molar-refractivity contribution in [3.8, 4) is 5.75 Å². The molecule has 0 bridgehead atoms. The molecule has 3 atom stereocenters. The van der Waals surface area contributed by atoms with E-state index in [1.807, 2.05) is 7.11 Å². The fourth-order valence-corrected chi connectivity index (χ4v) is 5.84. The van der Waals surface area contributed by atoms with Gasteiger partial charge in [-0.3, -0.25) is 0 Å². The van der Waals surface area contributed by atoms with Crippen LogP contribution in [0.3, 0.4) is 0 Å². The predicted octanol–water partition coefficient (Wildman–Crippen LogP) is 5.19. The van der Waals surface area contributed by atoms with Crippen LogP contribution in [0.25, 0.3) is 0 Å². The van der Waals surface area contributed by atoms with E-state index in [4.69, 9.17) is 9.47 Å². The molecule has 3 aliphatic rings. The summed E-state index contributed by atoms with van der Waals surface area (Å²) >= 11 is 0. The highest BCUT2D eigenvalue weighted by Crippen LogP contribution is 2.57. The van der Waals surface area contributed by atoms with Crippen molar-refractivity contribution in [2.45, 2.75) is 69.8 Å². The zero-order valence-electron chi connectivity index (χ0n) is 15.4. The van der Waals surface area contributed by atoms with Crippen LogP contribution in [0.5, 0.6) is 5.75 Å². The fraction of sp³-hybridized carbons (Fsp3) is 0.636. The molecule has 3 aliphatic carbocycles. The zero-order chi connectivity index (χ0) is 16.7. The maximum atomic E-state index is 5.72. The molecule has 1 fully saturated rings. The van der Waals surface area contributed by atoms with Crippen LogP contribution < -0.4 is 4.74 Å². The van der Waals surface area contributed by atoms with Gasteiger partial charge in [-0.05, 0) is 74.1 Å². The van der Waals surface area contributed by atoms with Gasteiger partial charge in [0.1, 0.15) is 5.75 Å². The Balaban J connectivity index is 1.83. The molecule has 24 heavy (non-hydrogen) atoms. The molecule has 4 rings (SSSR count). The number of allylic oxidation sites excluding steroid dienone is 1. The van der Waals surface area contributed by atoms with Crippen LogP contribution >= 0.6 is 0 Å². The molecule has 0 spiro atoms. The molecule has 130 valence electrons. The van der Waals surface area contributed by atoms with Crippen LogP contribution in [0.4, 0.5) is 0 Å². The van der Waals surface area contributed by atoms with E-state index in [0.717, 1.165) is 11.7 Å². The second kappa shape index (κ2) is 6.22. The molecule has 2 heteroatoms. The molecule has 0 heterocycles. The third-order valence-corrected chi connectivity index (χ3v) is 6.86. The highest BCUT2D eigenvalue weighted by Gasteiger charge is 2.47. The molecule has 1 aromatic carbocycles. The normalized spacial score (nSPS) is 31.5. The number of hydrogen-bond donors (Lipinski definition) is 0. The van der Waals surface area contributed by atoms with Gasteiger partial charge in [0.2, 0.25) is 0 Å². The molecular weight excluding hydrogens is 296 g/mol. The topological polar surface area (TPSA) is 18.5 Å². The number of hydrogen-bond acceptors (Lipinski definition) is 2. The third kappa shape index (κ3) is 2.34. The zero-order valence-corrected chi connectivity index (χ0v) is 15.4. The first-order chi connectivity index (χ1) is 11.7. The van der Waals surface area contributed by atoms with E-state index in [9.17, 15) is 0 Å². The lowest BCUT2D eigenvalue weighted by molar-refractivity contribution is 0.106. The van der Waals surface area contributed by atoms with Crippen LogP contribution in [-0.2, 0) is 16.6 Å². The van der Waals surface area contributed by atoms with E-state index in [1.54, 1.807) is 23.8 Å². The number of rotatable bonds is 4. The highest BCUT2D eigenvalue weighted by molar-refractivity contribution is 5.52. The second-order valence-electron chi connectivity index (χ2n) is 7.89. The third-order valence-electron chi connectivity index (χ3n) is 6.86. The maximum Gasteiger partial charge on any atom is 0.119 e. The summed E-state index contributed by atoms with van der Waals surface area (Å²) in [7, 11) is 3.66. The van der Waals surface area contributed by atoms with Crippen LogP contribution in [0.2, 0.25) is 0 Å². The van der Waals surface area contributed by atoms with Crippen molar-refractivity contribution in [3.05, 3.63) is 40.5 Å². The summed E-state index contributed by atoms with van der Waals surface area (Å²) in [5, 5.41) is 0. The molecule has 3 unspecified atom stereocenters. The molecule has 1 aromatic rings. The van der Waals surface area contributed by atoms with Gasteiger partial charge in [-0.2, -0.15) is 0 Å². The highest BCUT2D eigenvalue weighted by atomic mass is 16.5. The Morgan fingerprint density at radius 2 is 2.08 bits per heavy atom. The van der Waals surface area contributed by atoms with Crippen molar-refractivity contribution >= 4 is 0 Å². The minimum Gasteiger partial charge on any atom is -0.497 e. The monoisotopic (exact) mass is 326 g/mol. The van der Waals surface area contributed by atoms with Gasteiger partial charge in [0, 0.05) is 12.5 Å². The molecule has 0 aliphatic heterocycles. The van der Waals surface area contributed by atoms with Crippen molar-refractivity contribution in [1.29, 1.82) is 0 Å². The summed E-state index contributed by atoms with van der Waals surface area (Å²) in [4.78, 5) is 0.